The zero-order valence-electron chi connectivity index (χ0n) is 15.0. The lowest BCUT2D eigenvalue weighted by Gasteiger charge is -2.18. The molecule has 0 unspecified atom stereocenters. The lowest BCUT2D eigenvalue weighted by Crippen LogP contribution is -2.39. The number of rotatable bonds is 7. The molecule has 0 aliphatic heterocycles. The van der Waals surface area contributed by atoms with Gasteiger partial charge in [0.15, 0.2) is 0 Å². The van der Waals surface area contributed by atoms with Crippen LogP contribution in [0.25, 0.3) is 6.08 Å². The van der Waals surface area contributed by atoms with Crippen molar-refractivity contribution in [3.05, 3.63) is 77.1 Å². The predicted octanol–water partition coefficient (Wildman–Crippen LogP) is 3.31. The summed E-state index contributed by atoms with van der Waals surface area (Å²) in [4.78, 5) is 25.8. The van der Waals surface area contributed by atoms with Gasteiger partial charge in [-0.3, -0.25) is 9.59 Å². The first-order chi connectivity index (χ1) is 12.5. The Morgan fingerprint density at radius 2 is 1.73 bits per heavy atom. The minimum Gasteiger partial charge on any atom is -0.350 e. The molecule has 0 aliphatic rings. The maximum absolute atomic E-state index is 12.9. The van der Waals surface area contributed by atoms with Crippen LogP contribution in [0.2, 0.25) is 0 Å². The molecule has 5 heteroatoms. The van der Waals surface area contributed by atoms with E-state index in [2.05, 4.69) is 5.32 Å². The van der Waals surface area contributed by atoms with Crippen LogP contribution in [0.4, 0.5) is 4.39 Å². The fourth-order valence-corrected chi connectivity index (χ4v) is 2.33. The second kappa shape index (κ2) is 9.51. The largest absolute Gasteiger partial charge is 0.350 e. The van der Waals surface area contributed by atoms with Gasteiger partial charge in [-0.2, -0.15) is 0 Å². The minimum atomic E-state index is -0.316. The van der Waals surface area contributed by atoms with E-state index >= 15 is 0 Å². The third kappa shape index (κ3) is 6.16. The highest BCUT2D eigenvalue weighted by Gasteiger charge is 2.13. The van der Waals surface area contributed by atoms with Crippen molar-refractivity contribution in [1.29, 1.82) is 0 Å². The van der Waals surface area contributed by atoms with Gasteiger partial charge in [0.05, 0.1) is 6.54 Å². The maximum Gasteiger partial charge on any atom is 0.247 e. The van der Waals surface area contributed by atoms with Crippen molar-refractivity contribution in [3.8, 4) is 0 Å². The van der Waals surface area contributed by atoms with Crippen molar-refractivity contribution in [1.82, 2.24) is 10.2 Å². The predicted molar refractivity (Wildman–Crippen MR) is 101 cm³/mol. The summed E-state index contributed by atoms with van der Waals surface area (Å²) >= 11 is 0. The minimum absolute atomic E-state index is 0.0191. The average molecular weight is 354 g/mol. The lowest BCUT2D eigenvalue weighted by molar-refractivity contribution is -0.132. The molecule has 2 rings (SSSR count). The molecule has 0 fully saturated rings. The molecule has 2 aromatic rings. The van der Waals surface area contributed by atoms with Crippen LogP contribution in [-0.4, -0.2) is 29.8 Å². The van der Waals surface area contributed by atoms with Crippen LogP contribution in [0.15, 0.2) is 54.6 Å². The van der Waals surface area contributed by atoms with Crippen LogP contribution in [-0.2, 0) is 16.1 Å². The molecule has 0 atom stereocenters. The van der Waals surface area contributed by atoms with Crippen molar-refractivity contribution >= 4 is 17.9 Å². The number of hydrogen-bond donors (Lipinski definition) is 1. The first-order valence-corrected chi connectivity index (χ1v) is 8.52. The molecule has 1 N–H and O–H groups in total. The van der Waals surface area contributed by atoms with Gasteiger partial charge in [0.1, 0.15) is 5.82 Å². The maximum atomic E-state index is 12.9. The number of benzene rings is 2. The van der Waals surface area contributed by atoms with Crippen LogP contribution in [0, 0.1) is 12.7 Å². The van der Waals surface area contributed by atoms with E-state index in [4.69, 9.17) is 0 Å². The number of nitrogens with one attached hydrogen (secondary N) is 1. The summed E-state index contributed by atoms with van der Waals surface area (Å²) in [6.07, 6.45) is 3.21. The molecule has 136 valence electrons. The number of halogens is 1. The molecular weight excluding hydrogens is 331 g/mol. The van der Waals surface area contributed by atoms with E-state index < -0.39 is 0 Å². The van der Waals surface area contributed by atoms with E-state index in [1.54, 1.807) is 18.2 Å². The monoisotopic (exact) mass is 354 g/mol. The zero-order chi connectivity index (χ0) is 18.9. The number of aryl methyl sites for hydroxylation is 1. The van der Waals surface area contributed by atoms with Gasteiger partial charge < -0.3 is 10.2 Å². The summed E-state index contributed by atoms with van der Waals surface area (Å²) in [6, 6.07) is 13.7. The normalized spacial score (nSPS) is 10.7. The van der Waals surface area contributed by atoms with Crippen molar-refractivity contribution in [2.24, 2.45) is 0 Å². The van der Waals surface area contributed by atoms with Gasteiger partial charge in [0.25, 0.3) is 0 Å². The summed E-state index contributed by atoms with van der Waals surface area (Å²) in [7, 11) is 0. The zero-order valence-corrected chi connectivity index (χ0v) is 15.0. The Balaban J connectivity index is 1.86. The standard InChI is InChI=1S/C21H23FN2O2/c1-3-24(21(26)13-10-17-6-4-16(2)5-7-17)15-20(25)23-14-18-8-11-19(22)12-9-18/h4-13H,3,14-15H2,1-2H3,(H,23,25)/b13-10+. The van der Waals surface area contributed by atoms with Crippen molar-refractivity contribution in [2.45, 2.75) is 20.4 Å². The molecule has 0 heterocycles. The molecular formula is C21H23FN2O2. The van der Waals surface area contributed by atoms with E-state index in [1.165, 1.54) is 23.1 Å². The molecule has 0 saturated carbocycles. The average Bonchev–Trinajstić information content (AvgIpc) is 2.65. The molecule has 0 aliphatic carbocycles. The highest BCUT2D eigenvalue weighted by atomic mass is 19.1. The van der Waals surface area contributed by atoms with Gasteiger partial charge in [0.2, 0.25) is 11.8 Å². The van der Waals surface area contributed by atoms with Crippen LogP contribution < -0.4 is 5.32 Å². The highest BCUT2D eigenvalue weighted by molar-refractivity contribution is 5.94. The molecule has 0 radical (unpaired) electrons. The molecule has 4 nitrogen and oxygen atoms in total. The molecule has 0 spiro atoms. The van der Waals surface area contributed by atoms with Gasteiger partial charge in [-0.25, -0.2) is 4.39 Å². The summed E-state index contributed by atoms with van der Waals surface area (Å²) in [5.41, 5.74) is 2.88. The van der Waals surface area contributed by atoms with Gasteiger partial charge >= 0.3 is 0 Å². The number of amides is 2. The number of nitrogens with zero attached hydrogens (tertiary/aromatic N) is 1. The number of hydrogen-bond acceptors (Lipinski definition) is 2. The van der Waals surface area contributed by atoms with Crippen LogP contribution in [0.1, 0.15) is 23.6 Å². The van der Waals surface area contributed by atoms with Crippen molar-refractivity contribution in [3.63, 3.8) is 0 Å². The van der Waals surface area contributed by atoms with Gasteiger partial charge in [-0.05, 0) is 43.2 Å². The summed E-state index contributed by atoms with van der Waals surface area (Å²) < 4.78 is 12.9. The number of carbonyl (C=O) groups is 2. The van der Waals surface area contributed by atoms with Crippen molar-refractivity contribution in [2.75, 3.05) is 13.1 Å². The van der Waals surface area contributed by atoms with E-state index in [-0.39, 0.29) is 24.2 Å². The smallest absolute Gasteiger partial charge is 0.247 e. The third-order valence-corrected chi connectivity index (χ3v) is 3.93. The SMILES string of the molecule is CCN(CC(=O)NCc1ccc(F)cc1)C(=O)/C=C/c1ccc(C)cc1. The fraction of sp³-hybridized carbons (Fsp3) is 0.238. The van der Waals surface area contributed by atoms with E-state index in [0.717, 1.165) is 16.7 Å². The first kappa shape index (κ1) is 19.4. The summed E-state index contributed by atoms with van der Waals surface area (Å²) in [5, 5.41) is 2.74. The second-order valence-corrected chi connectivity index (χ2v) is 6.00. The lowest BCUT2D eigenvalue weighted by atomic mass is 10.1. The molecule has 2 amide bonds. The van der Waals surface area contributed by atoms with Crippen molar-refractivity contribution < 1.29 is 14.0 Å². The first-order valence-electron chi connectivity index (χ1n) is 8.52. The number of likely N-dealkylation sites (N-methyl/N-ethyl adjacent to an activating group) is 1. The van der Waals surface area contributed by atoms with Gasteiger partial charge in [0, 0.05) is 19.2 Å². The number of carbonyl (C=O) groups excluding carboxylic acids is 2. The Bertz CT molecular complexity index is 768. The Labute approximate surface area is 153 Å². The Morgan fingerprint density at radius 1 is 1.08 bits per heavy atom. The Hall–Kier alpha value is -2.95. The third-order valence-electron chi connectivity index (χ3n) is 3.93. The van der Waals surface area contributed by atoms with Gasteiger partial charge in [-0.15, -0.1) is 0 Å². The Morgan fingerprint density at radius 3 is 2.35 bits per heavy atom. The van der Waals surface area contributed by atoms with E-state index in [1.807, 2.05) is 38.1 Å². The van der Waals surface area contributed by atoms with Crippen LogP contribution in [0.5, 0.6) is 0 Å². The van der Waals surface area contributed by atoms with E-state index in [0.29, 0.717) is 13.1 Å². The Kier molecular flexibility index (Phi) is 7.09. The summed E-state index contributed by atoms with van der Waals surface area (Å²) in [5.74, 6) is -0.790. The molecule has 0 aromatic heterocycles. The molecule has 0 saturated heterocycles. The van der Waals surface area contributed by atoms with Gasteiger partial charge in [-0.1, -0.05) is 42.0 Å². The van der Waals surface area contributed by atoms with Crippen LogP contribution >= 0.6 is 0 Å². The molecule has 2 aromatic carbocycles. The molecule has 0 bridgehead atoms. The van der Waals surface area contributed by atoms with E-state index in [9.17, 15) is 14.0 Å². The molecule has 26 heavy (non-hydrogen) atoms. The van der Waals surface area contributed by atoms with Crippen LogP contribution in [0.3, 0.4) is 0 Å². The summed E-state index contributed by atoms with van der Waals surface area (Å²) in [6.45, 7) is 4.53. The quantitative estimate of drug-likeness (QED) is 0.776. The second-order valence-electron chi connectivity index (χ2n) is 6.00. The highest BCUT2D eigenvalue weighted by Crippen LogP contribution is 2.06. The fourth-order valence-electron chi connectivity index (χ4n) is 2.33. The topological polar surface area (TPSA) is 49.4 Å².